The van der Waals surface area contributed by atoms with Gasteiger partial charge in [-0.25, -0.2) is 0 Å². The van der Waals surface area contributed by atoms with E-state index in [4.69, 9.17) is 23.2 Å². The van der Waals surface area contributed by atoms with Crippen LogP contribution in [-0.2, 0) is 10.5 Å². The molecule has 1 unspecified atom stereocenters. The van der Waals surface area contributed by atoms with Crippen molar-refractivity contribution < 1.29 is 4.79 Å². The predicted molar refractivity (Wildman–Crippen MR) is 140 cm³/mol. The lowest BCUT2D eigenvalue weighted by Crippen LogP contribution is -2.30. The van der Waals surface area contributed by atoms with E-state index in [2.05, 4.69) is 16.7 Å². The molecule has 7 heteroatoms. The second-order valence-electron chi connectivity index (χ2n) is 7.71. The number of hydrogen-bond donors (Lipinski definition) is 2. The van der Waals surface area contributed by atoms with Crippen LogP contribution in [0.1, 0.15) is 24.0 Å². The molecule has 0 bridgehead atoms. The van der Waals surface area contributed by atoms with E-state index in [1.807, 2.05) is 79.7 Å². The fourth-order valence-electron chi connectivity index (χ4n) is 3.80. The van der Waals surface area contributed by atoms with Crippen molar-refractivity contribution in [2.45, 2.75) is 18.6 Å². The van der Waals surface area contributed by atoms with Crippen molar-refractivity contribution in [3.63, 3.8) is 0 Å². The average Bonchev–Trinajstić information content (AvgIpc) is 2.84. The number of para-hydroxylation sites is 1. The number of nitrogens with zero attached hydrogens (tertiary/aromatic N) is 1. The van der Waals surface area contributed by atoms with Crippen LogP contribution in [0.4, 0.5) is 5.69 Å². The summed E-state index contributed by atoms with van der Waals surface area (Å²) in [6.07, 6.45) is 0. The molecular formula is C27H21Cl2N3OS. The number of thioether (sulfide) groups is 1. The van der Waals surface area contributed by atoms with E-state index >= 15 is 0 Å². The van der Waals surface area contributed by atoms with Crippen molar-refractivity contribution in [1.29, 1.82) is 5.26 Å². The minimum absolute atomic E-state index is 0.282. The van der Waals surface area contributed by atoms with Gasteiger partial charge in [0, 0.05) is 32.8 Å². The molecular weight excluding hydrogens is 485 g/mol. The van der Waals surface area contributed by atoms with E-state index in [-0.39, 0.29) is 5.91 Å². The summed E-state index contributed by atoms with van der Waals surface area (Å²) in [7, 11) is 0. The third kappa shape index (κ3) is 5.31. The molecule has 0 saturated heterocycles. The summed E-state index contributed by atoms with van der Waals surface area (Å²) >= 11 is 14.1. The fourth-order valence-corrected chi connectivity index (χ4v) is 5.22. The monoisotopic (exact) mass is 505 g/mol. The summed E-state index contributed by atoms with van der Waals surface area (Å²) in [6, 6.07) is 26.5. The Morgan fingerprint density at radius 2 is 1.71 bits per heavy atom. The van der Waals surface area contributed by atoms with Crippen molar-refractivity contribution in [2.24, 2.45) is 0 Å². The number of anilines is 1. The van der Waals surface area contributed by atoms with E-state index in [0.29, 0.717) is 48.9 Å². The molecule has 1 heterocycles. The Morgan fingerprint density at radius 3 is 2.38 bits per heavy atom. The summed E-state index contributed by atoms with van der Waals surface area (Å²) in [6.45, 7) is 1.85. The van der Waals surface area contributed by atoms with Crippen molar-refractivity contribution in [3.05, 3.63) is 122 Å². The van der Waals surface area contributed by atoms with Crippen LogP contribution < -0.4 is 10.6 Å². The normalized spacial score (nSPS) is 15.5. The van der Waals surface area contributed by atoms with Crippen LogP contribution in [0.15, 0.2) is 101 Å². The summed E-state index contributed by atoms with van der Waals surface area (Å²) in [5.74, 6) is -0.245. The van der Waals surface area contributed by atoms with Gasteiger partial charge < -0.3 is 10.6 Å². The lowest BCUT2D eigenvalue weighted by atomic mass is 9.82. The van der Waals surface area contributed by atoms with Gasteiger partial charge in [0.1, 0.15) is 0 Å². The SMILES string of the molecule is CC1=C(C(=O)Nc2ccccc2)C(c2ccccc2Cl)C(C#N)=C(SCc2ccc(Cl)cc2)N1. The molecule has 0 saturated carbocycles. The second kappa shape index (κ2) is 10.8. The lowest BCUT2D eigenvalue weighted by Gasteiger charge is -2.30. The highest BCUT2D eigenvalue weighted by atomic mass is 35.5. The average molecular weight is 506 g/mol. The highest BCUT2D eigenvalue weighted by Gasteiger charge is 2.35. The van der Waals surface area contributed by atoms with Crippen LogP contribution in [0.2, 0.25) is 10.0 Å². The van der Waals surface area contributed by atoms with Gasteiger partial charge in [0.25, 0.3) is 5.91 Å². The maximum absolute atomic E-state index is 13.4. The molecule has 3 aromatic rings. The highest BCUT2D eigenvalue weighted by molar-refractivity contribution is 8.02. The van der Waals surface area contributed by atoms with Crippen molar-refractivity contribution in [3.8, 4) is 6.07 Å². The van der Waals surface area contributed by atoms with Gasteiger partial charge in [-0.1, -0.05) is 71.7 Å². The molecule has 0 spiro atoms. The summed E-state index contributed by atoms with van der Waals surface area (Å²) < 4.78 is 0. The van der Waals surface area contributed by atoms with Crippen molar-refractivity contribution >= 4 is 46.6 Å². The van der Waals surface area contributed by atoms with Gasteiger partial charge in [-0.3, -0.25) is 4.79 Å². The topological polar surface area (TPSA) is 64.9 Å². The Kier molecular flexibility index (Phi) is 7.64. The molecule has 1 atom stereocenters. The third-order valence-electron chi connectivity index (χ3n) is 5.44. The number of halogens is 2. The molecule has 0 aliphatic carbocycles. The van der Waals surface area contributed by atoms with Gasteiger partial charge >= 0.3 is 0 Å². The molecule has 1 amide bonds. The van der Waals surface area contributed by atoms with E-state index < -0.39 is 5.92 Å². The highest BCUT2D eigenvalue weighted by Crippen LogP contribution is 2.43. The zero-order valence-corrected chi connectivity index (χ0v) is 20.6. The number of nitrogens with one attached hydrogen (secondary N) is 2. The number of hydrogen-bond acceptors (Lipinski definition) is 4. The molecule has 3 aromatic carbocycles. The minimum Gasteiger partial charge on any atom is -0.353 e. The Balaban J connectivity index is 1.73. The molecule has 0 radical (unpaired) electrons. The zero-order valence-electron chi connectivity index (χ0n) is 18.3. The molecule has 1 aliphatic rings. The molecule has 170 valence electrons. The Morgan fingerprint density at radius 1 is 1.03 bits per heavy atom. The van der Waals surface area contributed by atoms with Gasteiger partial charge in [0.2, 0.25) is 0 Å². The number of dihydropyridines is 1. The molecule has 4 rings (SSSR count). The summed E-state index contributed by atoms with van der Waals surface area (Å²) in [4.78, 5) is 13.4. The van der Waals surface area contributed by atoms with Crippen LogP contribution in [-0.4, -0.2) is 5.91 Å². The Hall–Kier alpha value is -3.17. The van der Waals surface area contributed by atoms with E-state index in [0.717, 1.165) is 5.56 Å². The van der Waals surface area contributed by atoms with Gasteiger partial charge in [-0.05, 0) is 48.4 Å². The Labute approximate surface area is 213 Å². The molecule has 4 nitrogen and oxygen atoms in total. The summed E-state index contributed by atoms with van der Waals surface area (Å²) in [5.41, 5.74) is 4.06. The largest absolute Gasteiger partial charge is 0.353 e. The lowest BCUT2D eigenvalue weighted by molar-refractivity contribution is -0.113. The number of rotatable bonds is 6. The number of allylic oxidation sites excluding steroid dienone is 2. The van der Waals surface area contributed by atoms with Gasteiger partial charge in [-0.15, -0.1) is 11.8 Å². The first-order chi connectivity index (χ1) is 16.5. The fraction of sp³-hybridized carbons (Fsp3) is 0.111. The van der Waals surface area contributed by atoms with Crippen LogP contribution in [0, 0.1) is 11.3 Å². The molecule has 1 aliphatic heterocycles. The number of carbonyl (C=O) groups excluding carboxylic acids is 1. The van der Waals surface area contributed by atoms with Gasteiger partial charge in [-0.2, -0.15) is 5.26 Å². The molecule has 0 aromatic heterocycles. The number of nitriles is 1. The third-order valence-corrected chi connectivity index (χ3v) is 7.12. The molecule has 0 fully saturated rings. The van der Waals surface area contributed by atoms with E-state index in [9.17, 15) is 10.1 Å². The van der Waals surface area contributed by atoms with Gasteiger partial charge in [0.05, 0.1) is 22.6 Å². The van der Waals surface area contributed by atoms with E-state index in [1.165, 1.54) is 11.8 Å². The molecule has 2 N–H and O–H groups in total. The second-order valence-corrected chi connectivity index (χ2v) is 9.54. The van der Waals surface area contributed by atoms with Crippen molar-refractivity contribution in [1.82, 2.24) is 5.32 Å². The standard InChI is InChI=1S/C27H21Cl2N3OS/c1-17-24(26(33)32-20-7-3-2-4-8-20)25(21-9-5-6-10-23(21)29)22(15-30)27(31-17)34-16-18-11-13-19(28)14-12-18/h2-14,25,31H,16H2,1H3,(H,32,33). The van der Waals surface area contributed by atoms with Gasteiger partial charge in [0.15, 0.2) is 0 Å². The number of benzene rings is 3. The Bertz CT molecular complexity index is 1310. The maximum atomic E-state index is 13.4. The number of carbonyl (C=O) groups is 1. The summed E-state index contributed by atoms with van der Waals surface area (Å²) in [5, 5.41) is 18.4. The minimum atomic E-state index is -0.601. The van der Waals surface area contributed by atoms with Crippen LogP contribution >= 0.6 is 35.0 Å². The smallest absolute Gasteiger partial charge is 0.254 e. The predicted octanol–water partition coefficient (Wildman–Crippen LogP) is 7.26. The van der Waals surface area contributed by atoms with Crippen molar-refractivity contribution in [2.75, 3.05) is 5.32 Å². The zero-order chi connectivity index (χ0) is 24.1. The quantitative estimate of drug-likeness (QED) is 0.369. The van der Waals surface area contributed by atoms with Crippen LogP contribution in [0.3, 0.4) is 0 Å². The number of amides is 1. The first-order valence-electron chi connectivity index (χ1n) is 10.6. The molecule has 34 heavy (non-hydrogen) atoms. The maximum Gasteiger partial charge on any atom is 0.254 e. The first kappa shape index (κ1) is 24.0. The van der Waals surface area contributed by atoms with Crippen LogP contribution in [0.25, 0.3) is 0 Å². The first-order valence-corrected chi connectivity index (χ1v) is 12.3. The van der Waals surface area contributed by atoms with Crippen LogP contribution in [0.5, 0.6) is 0 Å². The van der Waals surface area contributed by atoms with E-state index in [1.54, 1.807) is 6.07 Å².